The van der Waals surface area contributed by atoms with Crippen molar-refractivity contribution in [2.45, 2.75) is 6.92 Å². The molecular weight excluding hydrogens is 444 g/mol. The molecule has 0 spiro atoms. The van der Waals surface area contributed by atoms with Gasteiger partial charge < -0.3 is 13.9 Å². The number of hydrogen-bond acceptors (Lipinski definition) is 4. The topological polar surface area (TPSA) is 46.6 Å². The fourth-order valence-electron chi connectivity index (χ4n) is 5.26. The molecule has 0 amide bonds. The van der Waals surface area contributed by atoms with Crippen molar-refractivity contribution in [2.24, 2.45) is 4.99 Å². The Kier molecular flexibility index (Phi) is 4.45. The highest BCUT2D eigenvalue weighted by molar-refractivity contribution is 6.16. The van der Waals surface area contributed by atoms with Gasteiger partial charge in [0.1, 0.15) is 0 Å². The van der Waals surface area contributed by atoms with Crippen LogP contribution >= 0.6 is 0 Å². The Bertz CT molecular complexity index is 1820. The van der Waals surface area contributed by atoms with E-state index in [9.17, 15) is 0 Å². The first kappa shape index (κ1) is 20.5. The summed E-state index contributed by atoms with van der Waals surface area (Å²) < 4.78 is 8.34. The number of oxazole rings is 1. The number of aromatic nitrogens is 2. The van der Waals surface area contributed by atoms with Crippen LogP contribution in [0, 0.1) is 0 Å². The van der Waals surface area contributed by atoms with E-state index in [4.69, 9.17) is 4.42 Å². The predicted octanol–water partition coefficient (Wildman–Crippen LogP) is 8.59. The van der Waals surface area contributed by atoms with Gasteiger partial charge in [0.05, 0.1) is 28.1 Å². The largest absolute Gasteiger partial charge is 0.434 e. The van der Waals surface area contributed by atoms with Gasteiger partial charge in [0, 0.05) is 22.0 Å². The number of para-hydroxylation sites is 4. The van der Waals surface area contributed by atoms with Crippen LogP contribution in [-0.2, 0) is 0 Å². The number of fused-ring (bicyclic) bond motifs is 5. The van der Waals surface area contributed by atoms with E-state index < -0.39 is 0 Å². The molecule has 0 N–H and O–H groups in total. The molecule has 7 rings (SSSR count). The number of rotatable bonds is 4. The summed E-state index contributed by atoms with van der Waals surface area (Å²) in [5.74, 6) is 1.63. The Morgan fingerprint density at radius 1 is 0.806 bits per heavy atom. The van der Waals surface area contributed by atoms with Crippen molar-refractivity contribution in [3.05, 3.63) is 103 Å². The summed E-state index contributed by atoms with van der Waals surface area (Å²) >= 11 is 0. The normalized spacial score (nSPS) is 12.5. The molecular formula is C31H22N4O. The van der Waals surface area contributed by atoms with Crippen LogP contribution < -0.4 is 4.90 Å². The van der Waals surface area contributed by atoms with Gasteiger partial charge in [0.25, 0.3) is 0 Å². The van der Waals surface area contributed by atoms with E-state index in [-0.39, 0.29) is 0 Å². The average molecular weight is 467 g/mol. The molecule has 0 atom stereocenters. The summed E-state index contributed by atoms with van der Waals surface area (Å²) in [6.45, 7) is 5.55. The maximum atomic E-state index is 5.95. The molecule has 1 aliphatic rings. The number of hydrogen-bond donors (Lipinski definition) is 0. The third-order valence-corrected chi connectivity index (χ3v) is 6.75. The summed E-state index contributed by atoms with van der Waals surface area (Å²) in [4.78, 5) is 10.8. The minimum Gasteiger partial charge on any atom is -0.434 e. The standard InChI is InChI=1S/C31H22N4O/c1-3-9-28-30(32-2)33-31(36-28)20-16-18-21(19-17-20)34-25-13-6-7-14-26(25)35-24-12-5-4-10-22(24)23-11-8-15-27(34)29(23)35/h3-19H,2H2,1H3/b9-3-. The quantitative estimate of drug-likeness (QED) is 0.244. The molecule has 0 aliphatic carbocycles. The molecule has 1 aliphatic heterocycles. The molecule has 5 nitrogen and oxygen atoms in total. The Morgan fingerprint density at radius 2 is 1.53 bits per heavy atom. The van der Waals surface area contributed by atoms with Gasteiger partial charge in [-0.1, -0.05) is 48.5 Å². The maximum absolute atomic E-state index is 5.95. The van der Waals surface area contributed by atoms with E-state index in [1.807, 2.05) is 31.2 Å². The van der Waals surface area contributed by atoms with E-state index in [1.54, 1.807) is 0 Å². The lowest BCUT2D eigenvalue weighted by Gasteiger charge is -2.33. The van der Waals surface area contributed by atoms with Crippen molar-refractivity contribution in [3.63, 3.8) is 0 Å². The smallest absolute Gasteiger partial charge is 0.228 e. The number of nitrogens with zero attached hydrogens (tertiary/aromatic N) is 4. The van der Waals surface area contributed by atoms with Crippen molar-refractivity contribution < 1.29 is 4.42 Å². The zero-order chi connectivity index (χ0) is 24.2. The minimum absolute atomic E-state index is 0.497. The highest BCUT2D eigenvalue weighted by Gasteiger charge is 2.28. The Balaban J connectivity index is 1.42. The summed E-state index contributed by atoms with van der Waals surface area (Å²) in [5.41, 5.74) is 7.84. The van der Waals surface area contributed by atoms with Crippen molar-refractivity contribution in [3.8, 4) is 17.1 Å². The second-order valence-electron chi connectivity index (χ2n) is 8.76. The summed E-state index contributed by atoms with van der Waals surface area (Å²) in [6, 6.07) is 32.0. The molecule has 0 saturated carbocycles. The number of aliphatic imine (C=N–C) groups is 1. The van der Waals surface area contributed by atoms with Gasteiger partial charge in [0.2, 0.25) is 5.89 Å². The van der Waals surface area contributed by atoms with Crippen LogP contribution in [-0.4, -0.2) is 16.3 Å². The van der Waals surface area contributed by atoms with Gasteiger partial charge >= 0.3 is 0 Å². The number of benzene rings is 4. The first-order chi connectivity index (χ1) is 17.8. The Labute approximate surface area is 208 Å². The molecule has 5 heteroatoms. The third kappa shape index (κ3) is 2.83. The van der Waals surface area contributed by atoms with Gasteiger partial charge in [-0.15, -0.1) is 0 Å². The van der Waals surface area contributed by atoms with Gasteiger partial charge in [-0.25, -0.2) is 4.99 Å². The molecule has 2 aromatic heterocycles. The molecule has 3 heterocycles. The number of allylic oxidation sites excluding steroid dienone is 1. The van der Waals surface area contributed by atoms with E-state index in [0.717, 1.165) is 28.3 Å². The van der Waals surface area contributed by atoms with E-state index in [1.165, 1.54) is 21.8 Å². The predicted molar refractivity (Wildman–Crippen MR) is 148 cm³/mol. The zero-order valence-corrected chi connectivity index (χ0v) is 19.7. The second-order valence-corrected chi connectivity index (χ2v) is 8.76. The van der Waals surface area contributed by atoms with Crippen molar-refractivity contribution in [1.29, 1.82) is 0 Å². The van der Waals surface area contributed by atoms with E-state index in [2.05, 4.69) is 105 Å². The summed E-state index contributed by atoms with van der Waals surface area (Å²) in [6.07, 6.45) is 3.75. The molecule has 0 saturated heterocycles. The lowest BCUT2D eigenvalue weighted by Crippen LogP contribution is -2.17. The SMILES string of the molecule is C=Nc1nc(-c2ccc(N3c4ccccc4-n4c5ccccc5c5cccc3c54)cc2)oc1/C=C\C. The first-order valence-electron chi connectivity index (χ1n) is 11.9. The van der Waals surface area contributed by atoms with Gasteiger partial charge in [0.15, 0.2) is 11.6 Å². The van der Waals surface area contributed by atoms with Crippen LogP contribution in [0.25, 0.3) is 45.0 Å². The van der Waals surface area contributed by atoms with Crippen molar-refractivity contribution in [2.75, 3.05) is 4.90 Å². The fraction of sp³-hybridized carbons (Fsp3) is 0.0323. The molecule has 0 fully saturated rings. The van der Waals surface area contributed by atoms with E-state index >= 15 is 0 Å². The average Bonchev–Trinajstić information content (AvgIpc) is 3.50. The van der Waals surface area contributed by atoms with Crippen LogP contribution in [0.5, 0.6) is 0 Å². The van der Waals surface area contributed by atoms with Crippen LogP contribution in [0.3, 0.4) is 0 Å². The second kappa shape index (κ2) is 7.82. The Hall–Kier alpha value is -4.90. The Morgan fingerprint density at radius 3 is 2.33 bits per heavy atom. The molecule has 0 bridgehead atoms. The first-order valence-corrected chi connectivity index (χ1v) is 11.9. The molecule has 0 unspecified atom stereocenters. The molecule has 0 radical (unpaired) electrons. The lowest BCUT2D eigenvalue weighted by atomic mass is 10.1. The van der Waals surface area contributed by atoms with Crippen LogP contribution in [0.15, 0.2) is 106 Å². The van der Waals surface area contributed by atoms with Crippen LogP contribution in [0.1, 0.15) is 12.7 Å². The molecule has 6 aromatic rings. The van der Waals surface area contributed by atoms with Crippen molar-refractivity contribution in [1.82, 2.24) is 9.55 Å². The molecule has 4 aromatic carbocycles. The van der Waals surface area contributed by atoms with Gasteiger partial charge in [-0.2, -0.15) is 4.98 Å². The van der Waals surface area contributed by atoms with Crippen molar-refractivity contribution >= 4 is 57.5 Å². The van der Waals surface area contributed by atoms with Gasteiger partial charge in [-0.3, -0.25) is 0 Å². The van der Waals surface area contributed by atoms with E-state index in [0.29, 0.717) is 17.5 Å². The zero-order valence-electron chi connectivity index (χ0n) is 19.7. The highest BCUT2D eigenvalue weighted by atomic mass is 16.4. The summed E-state index contributed by atoms with van der Waals surface area (Å²) in [7, 11) is 0. The van der Waals surface area contributed by atoms with Gasteiger partial charge in [-0.05, 0) is 68.2 Å². The summed E-state index contributed by atoms with van der Waals surface area (Å²) in [5, 5.41) is 2.51. The maximum Gasteiger partial charge on any atom is 0.228 e. The highest BCUT2D eigenvalue weighted by Crippen LogP contribution is 2.49. The van der Waals surface area contributed by atoms with Crippen LogP contribution in [0.2, 0.25) is 0 Å². The fourth-order valence-corrected chi connectivity index (χ4v) is 5.26. The molecule has 36 heavy (non-hydrogen) atoms. The number of anilines is 3. The monoisotopic (exact) mass is 466 g/mol. The van der Waals surface area contributed by atoms with Crippen LogP contribution in [0.4, 0.5) is 22.9 Å². The third-order valence-electron chi connectivity index (χ3n) is 6.75. The molecule has 172 valence electrons. The minimum atomic E-state index is 0.497. The lowest BCUT2D eigenvalue weighted by molar-refractivity contribution is 0.565.